The van der Waals surface area contributed by atoms with E-state index < -0.39 is 0 Å². The van der Waals surface area contributed by atoms with Gasteiger partial charge in [-0.15, -0.1) is 11.8 Å². The van der Waals surface area contributed by atoms with Crippen LogP contribution in [0.5, 0.6) is 0 Å². The number of anilines is 4. The Morgan fingerprint density at radius 3 is 2.26 bits per heavy atom. The lowest BCUT2D eigenvalue weighted by Gasteiger charge is -2.49. The second-order valence-electron chi connectivity index (χ2n) is 16.3. The van der Waals surface area contributed by atoms with Crippen molar-refractivity contribution in [2.24, 2.45) is 0 Å². The maximum absolute atomic E-state index is 2.76. The van der Waals surface area contributed by atoms with Crippen molar-refractivity contribution in [2.75, 3.05) is 9.80 Å². The molecular formula is C48H38BN3S. The van der Waals surface area contributed by atoms with Crippen LogP contribution >= 0.6 is 11.8 Å². The van der Waals surface area contributed by atoms with Gasteiger partial charge in [0.1, 0.15) is 0 Å². The normalized spacial score (nSPS) is 18.9. The van der Waals surface area contributed by atoms with E-state index in [2.05, 4.69) is 186 Å². The van der Waals surface area contributed by atoms with Crippen LogP contribution in [-0.4, -0.2) is 16.3 Å². The fraction of sp³-hybridized carbons (Fsp3) is 0.167. The maximum atomic E-state index is 2.76. The number of hydrogen-bond donors (Lipinski definition) is 0. The van der Waals surface area contributed by atoms with Crippen molar-refractivity contribution in [1.29, 1.82) is 0 Å². The Hall–Kier alpha value is -5.39. The summed E-state index contributed by atoms with van der Waals surface area (Å²) in [5.41, 5.74) is 16.1. The molecule has 0 N–H and O–H groups in total. The molecule has 0 spiro atoms. The molecule has 3 aliphatic heterocycles. The molecule has 0 fully saturated rings. The first-order valence-electron chi connectivity index (χ1n) is 19.1. The van der Waals surface area contributed by atoms with Gasteiger partial charge in [0.05, 0.1) is 28.3 Å². The maximum Gasteiger partial charge on any atom is 0.233 e. The molecule has 0 radical (unpaired) electrons. The zero-order valence-corrected chi connectivity index (χ0v) is 31.0. The van der Waals surface area contributed by atoms with Crippen molar-refractivity contribution in [3.8, 4) is 0 Å². The minimum atomic E-state index is 0.000965. The largest absolute Gasteiger partial charge is 0.332 e. The first-order chi connectivity index (χ1) is 26.0. The Morgan fingerprint density at radius 1 is 0.698 bits per heavy atom. The molecule has 0 saturated carbocycles. The topological polar surface area (TPSA) is 10.9 Å². The molecule has 0 saturated heterocycles. The highest BCUT2D eigenvalue weighted by Crippen LogP contribution is 2.58. The van der Waals surface area contributed by atoms with E-state index in [0.29, 0.717) is 5.15 Å². The molecule has 0 bridgehead atoms. The Morgan fingerprint density at radius 2 is 1.43 bits per heavy atom. The van der Waals surface area contributed by atoms with Crippen LogP contribution in [0.2, 0.25) is 0 Å². The molecule has 2 aromatic heterocycles. The molecule has 254 valence electrons. The zero-order chi connectivity index (χ0) is 35.2. The van der Waals surface area contributed by atoms with Crippen LogP contribution in [0.4, 0.5) is 22.7 Å². The van der Waals surface area contributed by atoms with Gasteiger partial charge in [-0.05, 0) is 94.9 Å². The number of fused-ring (bicyclic) bond motifs is 13. The van der Waals surface area contributed by atoms with Crippen LogP contribution in [-0.2, 0) is 5.41 Å². The van der Waals surface area contributed by atoms with E-state index in [1.54, 1.807) is 0 Å². The van der Waals surface area contributed by atoms with Gasteiger partial charge in [0, 0.05) is 54.3 Å². The third kappa shape index (κ3) is 3.93. The van der Waals surface area contributed by atoms with Crippen LogP contribution < -0.4 is 20.7 Å². The van der Waals surface area contributed by atoms with Crippen LogP contribution in [0.15, 0.2) is 150 Å². The average molecular weight is 700 g/mol. The van der Waals surface area contributed by atoms with Gasteiger partial charge in [0.25, 0.3) is 0 Å². The Kier molecular flexibility index (Phi) is 6.03. The first kappa shape index (κ1) is 30.1. The van der Waals surface area contributed by atoms with E-state index in [-0.39, 0.29) is 18.2 Å². The van der Waals surface area contributed by atoms with Crippen molar-refractivity contribution in [2.45, 2.75) is 55.1 Å². The van der Waals surface area contributed by atoms with Gasteiger partial charge in [0.15, 0.2) is 0 Å². The minimum Gasteiger partial charge on any atom is -0.332 e. The van der Waals surface area contributed by atoms with Gasteiger partial charge >= 0.3 is 0 Å². The van der Waals surface area contributed by atoms with E-state index >= 15 is 0 Å². The molecule has 8 aromatic rings. The molecule has 3 nitrogen and oxygen atoms in total. The quantitative estimate of drug-likeness (QED) is 0.167. The number of aromatic nitrogens is 1. The first-order valence-corrected chi connectivity index (χ1v) is 20.0. The second-order valence-corrected chi connectivity index (χ2v) is 17.5. The lowest BCUT2D eigenvalue weighted by atomic mass is 9.33. The summed E-state index contributed by atoms with van der Waals surface area (Å²) >= 11 is 2.09. The van der Waals surface area contributed by atoms with Gasteiger partial charge in [-0.25, -0.2) is 0 Å². The highest BCUT2D eigenvalue weighted by Gasteiger charge is 2.54. The smallest absolute Gasteiger partial charge is 0.233 e. The molecule has 5 heteroatoms. The van der Waals surface area contributed by atoms with Gasteiger partial charge in [0.2, 0.25) is 6.71 Å². The van der Waals surface area contributed by atoms with Crippen molar-refractivity contribution >= 4 is 90.2 Å². The van der Waals surface area contributed by atoms with E-state index in [1.807, 2.05) is 0 Å². The SMILES string of the molecule is CC(C)(C)c1cc2c3ccccc3n3c4c5c6c(cc4c(c1)c23)N(C1=CCCC=C1)c1ccccc1B6C1Sc2ccccc2C1N5c1ccccc1. The predicted octanol–water partition coefficient (Wildman–Crippen LogP) is 11.3. The second kappa shape index (κ2) is 10.6. The van der Waals surface area contributed by atoms with Crippen LogP contribution in [0.1, 0.15) is 50.8 Å². The molecule has 1 aliphatic carbocycles. The van der Waals surface area contributed by atoms with Crippen molar-refractivity contribution in [3.63, 3.8) is 0 Å². The zero-order valence-electron chi connectivity index (χ0n) is 30.2. The summed E-state index contributed by atoms with van der Waals surface area (Å²) in [6.45, 7) is 7.26. The average Bonchev–Trinajstić information content (AvgIpc) is 3.85. The third-order valence-corrected chi connectivity index (χ3v) is 13.9. The third-order valence-electron chi connectivity index (χ3n) is 12.4. The van der Waals surface area contributed by atoms with E-state index in [9.17, 15) is 0 Å². The van der Waals surface area contributed by atoms with E-state index in [0.717, 1.165) is 12.8 Å². The molecule has 5 heterocycles. The molecule has 4 aliphatic rings. The number of benzene rings is 6. The summed E-state index contributed by atoms with van der Waals surface area (Å²) in [5.74, 6) is 0. The van der Waals surface area contributed by atoms with Crippen LogP contribution in [0.25, 0.3) is 38.1 Å². The van der Waals surface area contributed by atoms with Crippen molar-refractivity contribution in [3.05, 3.63) is 156 Å². The summed E-state index contributed by atoms with van der Waals surface area (Å²) in [4.78, 5) is 6.76. The van der Waals surface area contributed by atoms with Crippen molar-refractivity contribution in [1.82, 2.24) is 4.40 Å². The van der Waals surface area contributed by atoms with E-state index in [4.69, 9.17) is 0 Å². The van der Waals surface area contributed by atoms with E-state index in [1.165, 1.54) is 93.5 Å². The van der Waals surface area contributed by atoms with Crippen LogP contribution in [0.3, 0.4) is 0 Å². The number of allylic oxidation sites excluding steroid dienone is 3. The summed E-state index contributed by atoms with van der Waals surface area (Å²) in [7, 11) is 0. The Balaban J connectivity index is 1.33. The van der Waals surface area contributed by atoms with Gasteiger partial charge in [-0.3, -0.25) is 0 Å². The van der Waals surface area contributed by atoms with Crippen molar-refractivity contribution < 1.29 is 0 Å². The molecule has 12 rings (SSSR count). The molecule has 0 amide bonds. The Bertz CT molecular complexity index is 2900. The molecule has 2 unspecified atom stereocenters. The molecular weight excluding hydrogens is 661 g/mol. The van der Waals surface area contributed by atoms with Gasteiger partial charge in [-0.2, -0.15) is 0 Å². The lowest BCUT2D eigenvalue weighted by Crippen LogP contribution is -2.63. The number of thioether (sulfide) groups is 1. The highest BCUT2D eigenvalue weighted by atomic mass is 32.2. The number of hydrogen-bond acceptors (Lipinski definition) is 3. The van der Waals surface area contributed by atoms with Crippen LogP contribution in [0, 0.1) is 0 Å². The Labute approximate surface area is 314 Å². The number of rotatable bonds is 2. The molecule has 6 aromatic carbocycles. The standard InChI is InChI=1S/C48H38BN3S/c1-48(2,3)29-26-34-32-20-10-13-23-38(32)52-43(34)35(27-29)36-28-40-42-46(44(36)52)51(31-18-8-5-9-19-31)45-33-21-11-15-25-41(33)53-47(45)49(42)37-22-12-14-24-39(37)50(40)30-16-6-4-7-17-30/h5-6,8-28,45,47H,4,7H2,1-3H3. The summed E-state index contributed by atoms with van der Waals surface area (Å²) in [6, 6.07) is 46.6. The van der Waals surface area contributed by atoms with Gasteiger partial charge < -0.3 is 14.2 Å². The predicted molar refractivity (Wildman–Crippen MR) is 227 cm³/mol. The molecule has 53 heavy (non-hydrogen) atoms. The fourth-order valence-electron chi connectivity index (χ4n) is 10.2. The fourth-order valence-corrected chi connectivity index (χ4v) is 11.8. The summed E-state index contributed by atoms with van der Waals surface area (Å²) in [5, 5.41) is 5.65. The highest BCUT2D eigenvalue weighted by molar-refractivity contribution is 8.02. The summed E-state index contributed by atoms with van der Waals surface area (Å²) in [6.07, 6.45) is 9.31. The number of nitrogens with zero attached hydrogens (tertiary/aromatic N) is 3. The van der Waals surface area contributed by atoms with Gasteiger partial charge in [-0.1, -0.05) is 106 Å². The lowest BCUT2D eigenvalue weighted by molar-refractivity contribution is 0.592. The minimum absolute atomic E-state index is 0.000965. The number of para-hydroxylation sites is 3. The monoisotopic (exact) mass is 699 g/mol. The molecule has 2 atom stereocenters. The summed E-state index contributed by atoms with van der Waals surface area (Å²) < 4.78 is 2.64.